The number of hydrogen-bond acceptors (Lipinski definition) is 5. The molecule has 1 aliphatic heterocycles. The Kier molecular flexibility index (Phi) is 8.85. The first-order chi connectivity index (χ1) is 18.7. The molecule has 0 amide bonds. The Labute approximate surface area is 233 Å². The molecule has 1 saturated heterocycles. The third kappa shape index (κ3) is 6.22. The topological polar surface area (TPSA) is 70.9 Å². The van der Waals surface area contributed by atoms with Crippen molar-refractivity contribution >= 4 is 23.1 Å². The Morgan fingerprint density at radius 3 is 2.49 bits per heavy atom. The molecule has 1 N–H and O–H groups in total. The zero-order valence-electron chi connectivity index (χ0n) is 24.2. The molecule has 204 valence electrons. The Morgan fingerprint density at radius 1 is 1.15 bits per heavy atom. The second-order valence-corrected chi connectivity index (χ2v) is 10.5. The number of nitrogens with zero attached hydrogens (tertiary/aromatic N) is 4. The summed E-state index contributed by atoms with van der Waals surface area (Å²) in [5.41, 5.74) is 9.11. The summed E-state index contributed by atoms with van der Waals surface area (Å²) in [6, 6.07) is 8.37. The van der Waals surface area contributed by atoms with Crippen molar-refractivity contribution in [2.75, 3.05) is 13.1 Å². The molecule has 3 aromatic rings. The van der Waals surface area contributed by atoms with Crippen LogP contribution in [0.1, 0.15) is 86.8 Å². The molecule has 0 radical (unpaired) electrons. The number of oxazole rings is 1. The van der Waals surface area contributed by atoms with Gasteiger partial charge in [0, 0.05) is 35.8 Å². The summed E-state index contributed by atoms with van der Waals surface area (Å²) in [4.78, 5) is 6.91. The summed E-state index contributed by atoms with van der Waals surface area (Å²) >= 11 is 0. The van der Waals surface area contributed by atoms with Gasteiger partial charge < -0.3 is 9.32 Å². The Balaban J connectivity index is 1.63. The van der Waals surface area contributed by atoms with E-state index in [1.807, 2.05) is 27.0 Å². The normalized spacial score (nSPS) is 15.6. The van der Waals surface area contributed by atoms with Crippen LogP contribution in [0.3, 0.4) is 0 Å². The third-order valence-corrected chi connectivity index (χ3v) is 7.58. The van der Waals surface area contributed by atoms with E-state index >= 15 is 0 Å². The van der Waals surface area contributed by atoms with Crippen molar-refractivity contribution in [3.63, 3.8) is 0 Å². The highest BCUT2D eigenvalue weighted by Crippen LogP contribution is 2.31. The first-order valence-corrected chi connectivity index (χ1v) is 13.8. The number of aromatic nitrogens is 3. The van der Waals surface area contributed by atoms with Gasteiger partial charge in [-0.15, -0.1) is 0 Å². The van der Waals surface area contributed by atoms with E-state index in [4.69, 9.17) is 14.9 Å². The van der Waals surface area contributed by atoms with E-state index in [-0.39, 0.29) is 0 Å². The molecule has 39 heavy (non-hydrogen) atoms. The van der Waals surface area contributed by atoms with Crippen molar-refractivity contribution in [2.45, 2.75) is 66.7 Å². The van der Waals surface area contributed by atoms with Crippen LogP contribution in [-0.4, -0.2) is 38.6 Å². The van der Waals surface area contributed by atoms with Gasteiger partial charge in [0.1, 0.15) is 6.26 Å². The number of rotatable bonds is 8. The van der Waals surface area contributed by atoms with Crippen LogP contribution in [0.4, 0.5) is 0 Å². The minimum Gasteiger partial charge on any atom is -0.448 e. The SMILES string of the molecule is C=C(C)c1c(C(C=CCC)=Cc2ccccc2C)cnn1C(=N)C(C)=C(C)N1CCC(c2nc(C)co2)CC1. The van der Waals surface area contributed by atoms with Crippen LogP contribution in [0, 0.1) is 19.3 Å². The molecule has 3 heterocycles. The molecular weight excluding hydrogens is 482 g/mol. The summed E-state index contributed by atoms with van der Waals surface area (Å²) in [6.07, 6.45) is 13.0. The largest absolute Gasteiger partial charge is 0.448 e. The highest BCUT2D eigenvalue weighted by Gasteiger charge is 2.26. The fourth-order valence-corrected chi connectivity index (χ4v) is 5.11. The maximum atomic E-state index is 9.16. The smallest absolute Gasteiger partial charge is 0.197 e. The average Bonchev–Trinajstić information content (AvgIpc) is 3.58. The van der Waals surface area contributed by atoms with E-state index in [0.717, 1.165) is 77.6 Å². The van der Waals surface area contributed by atoms with Crippen LogP contribution in [-0.2, 0) is 0 Å². The molecular formula is C33H41N5O. The number of allylic oxidation sites excluding steroid dienone is 6. The van der Waals surface area contributed by atoms with Crippen LogP contribution < -0.4 is 0 Å². The van der Waals surface area contributed by atoms with Gasteiger partial charge in [0.2, 0.25) is 0 Å². The van der Waals surface area contributed by atoms with E-state index in [0.29, 0.717) is 11.8 Å². The van der Waals surface area contributed by atoms with Gasteiger partial charge >= 0.3 is 0 Å². The van der Waals surface area contributed by atoms with Gasteiger partial charge in [-0.2, -0.15) is 5.10 Å². The molecule has 0 atom stereocenters. The summed E-state index contributed by atoms with van der Waals surface area (Å²) in [7, 11) is 0. The molecule has 0 unspecified atom stereocenters. The van der Waals surface area contributed by atoms with E-state index in [9.17, 15) is 0 Å². The fourth-order valence-electron chi connectivity index (χ4n) is 5.11. The van der Waals surface area contributed by atoms with Crippen molar-refractivity contribution in [3.8, 4) is 0 Å². The standard InChI is InChI=1S/C33H41N5O/c1-8-9-13-29(19-28-14-11-10-12-23(28)4)30-20-35-38(31(30)22(2)3)32(34)25(6)26(7)37-17-15-27(16-18-37)33-36-24(5)21-39-33/h9-14,19-21,27,34H,2,8,15-18H2,1,3-7H3. The summed E-state index contributed by atoms with van der Waals surface area (Å²) < 4.78 is 7.40. The molecule has 6 heteroatoms. The number of benzene rings is 1. The molecule has 0 bridgehead atoms. The minimum atomic E-state index is 0.348. The lowest BCUT2D eigenvalue weighted by atomic mass is 9.96. The maximum Gasteiger partial charge on any atom is 0.197 e. The van der Waals surface area contributed by atoms with Gasteiger partial charge in [-0.05, 0) is 82.2 Å². The molecule has 2 aromatic heterocycles. The van der Waals surface area contributed by atoms with Crippen LogP contribution in [0.15, 0.2) is 71.1 Å². The van der Waals surface area contributed by atoms with E-state index < -0.39 is 0 Å². The van der Waals surface area contributed by atoms with E-state index in [1.54, 1.807) is 10.9 Å². The number of aryl methyl sites for hydroxylation is 2. The molecule has 1 fully saturated rings. The first kappa shape index (κ1) is 28.1. The minimum absolute atomic E-state index is 0.348. The zero-order valence-corrected chi connectivity index (χ0v) is 24.2. The second-order valence-electron chi connectivity index (χ2n) is 10.5. The van der Waals surface area contributed by atoms with Crippen LogP contribution in [0.5, 0.6) is 0 Å². The van der Waals surface area contributed by atoms with Gasteiger partial charge in [-0.3, -0.25) is 5.41 Å². The number of nitrogens with one attached hydrogen (secondary N) is 1. The highest BCUT2D eigenvalue weighted by molar-refractivity contribution is 6.00. The second kappa shape index (κ2) is 12.3. The lowest BCUT2D eigenvalue weighted by Crippen LogP contribution is -2.33. The highest BCUT2D eigenvalue weighted by atomic mass is 16.3. The summed E-state index contributed by atoms with van der Waals surface area (Å²) in [5, 5.41) is 13.9. The van der Waals surface area contributed by atoms with E-state index in [2.05, 4.69) is 79.7 Å². The van der Waals surface area contributed by atoms with Gasteiger partial charge in [-0.25, -0.2) is 9.67 Å². The lowest BCUT2D eigenvalue weighted by molar-refractivity contribution is 0.243. The molecule has 0 saturated carbocycles. The Hall–Kier alpha value is -3.93. The van der Waals surface area contributed by atoms with Gasteiger partial charge in [0.15, 0.2) is 11.7 Å². The first-order valence-electron chi connectivity index (χ1n) is 13.8. The van der Waals surface area contributed by atoms with Crippen LogP contribution in [0.25, 0.3) is 17.2 Å². The molecule has 4 rings (SSSR count). The quantitative estimate of drug-likeness (QED) is 0.184. The molecule has 1 aliphatic rings. The Bertz CT molecular complexity index is 1440. The number of likely N-dealkylation sites (tertiary alicyclic amines) is 1. The van der Waals surface area contributed by atoms with Gasteiger partial charge in [-0.1, -0.05) is 49.9 Å². The van der Waals surface area contributed by atoms with Crippen LogP contribution >= 0.6 is 0 Å². The molecule has 1 aromatic carbocycles. The van der Waals surface area contributed by atoms with Crippen molar-refractivity contribution in [2.24, 2.45) is 0 Å². The maximum absolute atomic E-state index is 9.16. The number of piperidine rings is 1. The van der Waals surface area contributed by atoms with Crippen molar-refractivity contribution in [3.05, 3.63) is 101 Å². The molecule has 0 spiro atoms. The van der Waals surface area contributed by atoms with Crippen molar-refractivity contribution in [1.82, 2.24) is 19.7 Å². The third-order valence-electron chi connectivity index (χ3n) is 7.58. The summed E-state index contributed by atoms with van der Waals surface area (Å²) in [6.45, 7) is 18.4. The van der Waals surface area contributed by atoms with Gasteiger partial charge in [0.05, 0.1) is 17.6 Å². The predicted molar refractivity (Wildman–Crippen MR) is 162 cm³/mol. The zero-order chi connectivity index (χ0) is 28.1. The Morgan fingerprint density at radius 2 is 1.87 bits per heavy atom. The average molecular weight is 524 g/mol. The van der Waals surface area contributed by atoms with Crippen molar-refractivity contribution in [1.29, 1.82) is 5.41 Å². The fraction of sp³-hybridized carbons (Fsp3) is 0.364. The van der Waals surface area contributed by atoms with Gasteiger partial charge in [0.25, 0.3) is 0 Å². The number of hydrogen-bond donors (Lipinski definition) is 1. The summed E-state index contributed by atoms with van der Waals surface area (Å²) in [5.74, 6) is 1.57. The van der Waals surface area contributed by atoms with Crippen molar-refractivity contribution < 1.29 is 4.42 Å². The van der Waals surface area contributed by atoms with Crippen LogP contribution in [0.2, 0.25) is 0 Å². The van der Waals surface area contributed by atoms with E-state index in [1.165, 1.54) is 11.1 Å². The predicted octanol–water partition coefficient (Wildman–Crippen LogP) is 8.03. The monoisotopic (exact) mass is 523 g/mol. The molecule has 0 aliphatic carbocycles. The lowest BCUT2D eigenvalue weighted by Gasteiger charge is -2.34. The molecule has 6 nitrogen and oxygen atoms in total.